The van der Waals surface area contributed by atoms with Gasteiger partial charge in [-0.05, 0) is 67.2 Å². The first-order chi connectivity index (χ1) is 12.4. The Hall–Kier alpha value is -2.57. The molecule has 0 radical (unpaired) electrons. The van der Waals surface area contributed by atoms with Crippen LogP contribution in [0.1, 0.15) is 12.5 Å². The Kier molecular flexibility index (Phi) is 5.15. The van der Waals surface area contributed by atoms with Crippen molar-refractivity contribution >= 4 is 46.6 Å². The highest BCUT2D eigenvalue weighted by Crippen LogP contribution is 2.30. The largest absolute Gasteiger partial charge is 0.506 e. The lowest BCUT2D eigenvalue weighted by atomic mass is 10.1. The lowest BCUT2D eigenvalue weighted by molar-refractivity contribution is -0.114. The highest BCUT2D eigenvalue weighted by atomic mass is 35.5. The first-order valence-corrected chi connectivity index (χ1v) is 8.76. The van der Waals surface area contributed by atoms with Crippen LogP contribution in [0.3, 0.4) is 0 Å². The Morgan fingerprint density at radius 2 is 1.92 bits per heavy atom. The third-order valence-corrected chi connectivity index (χ3v) is 4.70. The van der Waals surface area contributed by atoms with Gasteiger partial charge in [0.2, 0.25) is 0 Å². The molecule has 0 unspecified atom stereocenters. The molecule has 0 spiro atoms. The van der Waals surface area contributed by atoms with Crippen molar-refractivity contribution in [3.05, 3.63) is 58.7 Å². The van der Waals surface area contributed by atoms with Gasteiger partial charge >= 0.3 is 0 Å². The Morgan fingerprint density at radius 3 is 2.54 bits per heavy atom. The number of nitrogens with zero attached hydrogens (tertiary/aromatic N) is 2. The van der Waals surface area contributed by atoms with E-state index in [4.69, 9.17) is 28.6 Å². The average molecular weight is 389 g/mol. The Morgan fingerprint density at radius 1 is 1.23 bits per heavy atom. The number of anilines is 1. The van der Waals surface area contributed by atoms with E-state index in [0.717, 1.165) is 5.75 Å². The van der Waals surface area contributed by atoms with Gasteiger partial charge in [0.25, 0.3) is 5.91 Å². The van der Waals surface area contributed by atoms with Crippen molar-refractivity contribution in [3.63, 3.8) is 0 Å². The summed E-state index contributed by atoms with van der Waals surface area (Å²) in [7, 11) is 1.74. The van der Waals surface area contributed by atoms with Crippen LogP contribution in [-0.4, -0.2) is 34.7 Å². The maximum absolute atomic E-state index is 12.9. The van der Waals surface area contributed by atoms with Crippen molar-refractivity contribution in [3.8, 4) is 11.5 Å². The van der Waals surface area contributed by atoms with E-state index in [1.807, 2.05) is 6.92 Å². The van der Waals surface area contributed by atoms with Gasteiger partial charge in [0, 0.05) is 7.05 Å². The van der Waals surface area contributed by atoms with Crippen molar-refractivity contribution < 1.29 is 14.6 Å². The molecule has 2 aromatic rings. The monoisotopic (exact) mass is 388 g/mol. The van der Waals surface area contributed by atoms with Crippen LogP contribution in [0, 0.1) is 0 Å². The summed E-state index contributed by atoms with van der Waals surface area (Å²) in [6.45, 7) is 2.49. The fourth-order valence-electron chi connectivity index (χ4n) is 2.61. The van der Waals surface area contributed by atoms with E-state index >= 15 is 0 Å². The van der Waals surface area contributed by atoms with Gasteiger partial charge in [0.15, 0.2) is 5.11 Å². The highest BCUT2D eigenvalue weighted by molar-refractivity contribution is 7.80. The highest BCUT2D eigenvalue weighted by Gasteiger charge is 2.36. The standard InChI is InChI=1S/C19H17ClN2O3S/c1-3-25-14-7-5-13(6-8-14)22-18(24)16(21(2)19(22)26)11-12-4-9-17(23)15(20)10-12/h4-11,23H,3H2,1-2H3/b16-11-. The molecular formula is C19H17ClN2O3S. The minimum Gasteiger partial charge on any atom is -0.506 e. The van der Waals surface area contributed by atoms with Gasteiger partial charge in [-0.3, -0.25) is 9.69 Å². The molecule has 26 heavy (non-hydrogen) atoms. The van der Waals surface area contributed by atoms with E-state index in [-0.39, 0.29) is 16.7 Å². The molecular weight excluding hydrogens is 372 g/mol. The summed E-state index contributed by atoms with van der Waals surface area (Å²) in [4.78, 5) is 16.0. The molecule has 7 heteroatoms. The third-order valence-electron chi connectivity index (χ3n) is 3.94. The molecule has 0 atom stereocenters. The number of thiocarbonyl (C=S) groups is 1. The number of aromatic hydroxyl groups is 1. The molecule has 0 bridgehead atoms. The van der Waals surface area contributed by atoms with Crippen molar-refractivity contribution in [2.45, 2.75) is 6.92 Å². The number of carbonyl (C=O) groups is 1. The van der Waals surface area contributed by atoms with Gasteiger partial charge in [-0.15, -0.1) is 0 Å². The quantitative estimate of drug-likeness (QED) is 0.632. The molecule has 1 heterocycles. The summed E-state index contributed by atoms with van der Waals surface area (Å²) in [5.74, 6) is 0.494. The molecule has 1 amide bonds. The van der Waals surface area contributed by atoms with Crippen molar-refractivity contribution in [2.24, 2.45) is 0 Å². The fraction of sp³-hybridized carbons (Fsp3) is 0.158. The number of likely N-dealkylation sites (N-methyl/N-ethyl adjacent to an activating group) is 1. The summed E-state index contributed by atoms with van der Waals surface area (Å²) in [5.41, 5.74) is 1.78. The first kappa shape index (κ1) is 18.2. The third kappa shape index (κ3) is 3.38. The zero-order valence-corrected chi connectivity index (χ0v) is 15.8. The summed E-state index contributed by atoms with van der Waals surface area (Å²) < 4.78 is 5.43. The maximum atomic E-state index is 12.9. The molecule has 0 aromatic heterocycles. The predicted octanol–water partition coefficient (Wildman–Crippen LogP) is 4.05. The second kappa shape index (κ2) is 7.35. The molecule has 1 N–H and O–H groups in total. The van der Waals surface area contributed by atoms with Gasteiger partial charge in [-0.2, -0.15) is 0 Å². The molecule has 1 fully saturated rings. The number of carbonyl (C=O) groups excluding carboxylic acids is 1. The number of phenols is 1. The van der Waals surface area contributed by atoms with Crippen molar-refractivity contribution in [2.75, 3.05) is 18.6 Å². The number of halogens is 1. The Bertz CT molecular complexity index is 896. The van der Waals surface area contributed by atoms with Crippen molar-refractivity contribution in [1.82, 2.24) is 4.90 Å². The number of rotatable bonds is 4. The van der Waals surface area contributed by atoms with Crippen LogP contribution in [-0.2, 0) is 4.79 Å². The number of phenolic OH excluding ortho intramolecular Hbond substituents is 1. The van der Waals surface area contributed by atoms with Crippen LogP contribution in [0.5, 0.6) is 11.5 Å². The van der Waals surface area contributed by atoms with Crippen LogP contribution in [0.25, 0.3) is 6.08 Å². The second-order valence-corrected chi connectivity index (χ2v) is 6.42. The number of ether oxygens (including phenoxy) is 1. The first-order valence-electron chi connectivity index (χ1n) is 7.97. The molecule has 1 saturated heterocycles. The van der Waals surface area contributed by atoms with Crippen LogP contribution in [0.2, 0.25) is 5.02 Å². The lowest BCUT2D eigenvalue weighted by Crippen LogP contribution is -2.31. The molecule has 0 saturated carbocycles. The Balaban J connectivity index is 1.93. The number of hydrogen-bond donors (Lipinski definition) is 1. The smallest absolute Gasteiger partial charge is 0.281 e. The fourth-order valence-corrected chi connectivity index (χ4v) is 3.09. The van der Waals surface area contributed by atoms with E-state index in [2.05, 4.69) is 0 Å². The minimum atomic E-state index is -0.231. The van der Waals surface area contributed by atoms with E-state index in [1.165, 1.54) is 11.0 Å². The zero-order chi connectivity index (χ0) is 18.8. The average Bonchev–Trinajstić information content (AvgIpc) is 2.83. The molecule has 0 aliphatic carbocycles. The molecule has 134 valence electrons. The lowest BCUT2D eigenvalue weighted by Gasteiger charge is -2.16. The van der Waals surface area contributed by atoms with Gasteiger partial charge in [0.1, 0.15) is 17.2 Å². The van der Waals surface area contributed by atoms with Gasteiger partial charge < -0.3 is 14.7 Å². The summed E-state index contributed by atoms with van der Waals surface area (Å²) >= 11 is 11.4. The maximum Gasteiger partial charge on any atom is 0.281 e. The van der Waals surface area contributed by atoms with E-state index in [9.17, 15) is 9.90 Å². The van der Waals surface area contributed by atoms with Gasteiger partial charge in [-0.25, -0.2) is 0 Å². The number of amides is 1. The summed E-state index contributed by atoms with van der Waals surface area (Å²) in [5, 5.41) is 10.1. The Labute approximate surface area is 162 Å². The van der Waals surface area contributed by atoms with Crippen molar-refractivity contribution in [1.29, 1.82) is 0 Å². The van der Waals surface area contributed by atoms with Crippen LogP contribution in [0.4, 0.5) is 5.69 Å². The van der Waals surface area contributed by atoms with E-state index < -0.39 is 0 Å². The zero-order valence-electron chi connectivity index (χ0n) is 14.3. The minimum absolute atomic E-state index is 0.00791. The molecule has 2 aromatic carbocycles. The summed E-state index contributed by atoms with van der Waals surface area (Å²) in [6, 6.07) is 11.9. The SMILES string of the molecule is CCOc1ccc(N2C(=O)/C(=C/c3ccc(O)c(Cl)c3)N(C)C2=S)cc1. The van der Waals surface area contributed by atoms with Gasteiger partial charge in [-0.1, -0.05) is 17.7 Å². The molecule has 3 rings (SSSR count). The van der Waals surface area contributed by atoms with Gasteiger partial charge in [0.05, 0.1) is 17.3 Å². The predicted molar refractivity (Wildman–Crippen MR) is 107 cm³/mol. The molecule has 5 nitrogen and oxygen atoms in total. The molecule has 1 aliphatic heterocycles. The number of benzene rings is 2. The second-order valence-electron chi connectivity index (χ2n) is 5.65. The van der Waals surface area contributed by atoms with Crippen LogP contribution in [0.15, 0.2) is 48.2 Å². The number of hydrogen-bond acceptors (Lipinski definition) is 4. The molecule has 1 aliphatic rings. The topological polar surface area (TPSA) is 53.0 Å². The summed E-state index contributed by atoms with van der Waals surface area (Å²) in [6.07, 6.45) is 1.69. The van der Waals surface area contributed by atoms with E-state index in [1.54, 1.807) is 54.4 Å². The van der Waals surface area contributed by atoms with Crippen LogP contribution < -0.4 is 9.64 Å². The van der Waals surface area contributed by atoms with Crippen LogP contribution >= 0.6 is 23.8 Å². The normalized spacial score (nSPS) is 15.9. The van der Waals surface area contributed by atoms with E-state index in [0.29, 0.717) is 28.7 Å².